The monoisotopic (exact) mass is 401 g/mol. The summed E-state index contributed by atoms with van der Waals surface area (Å²) in [7, 11) is 0. The largest absolute Gasteiger partial charge is 0.324 e. The minimum absolute atomic E-state index is 0.0969. The maximum Gasteiger partial charge on any atom is 0.321 e. The molecule has 1 aromatic carbocycles. The fraction of sp³-hybridized carbons (Fsp3) is 0.500. The molecule has 7 nitrogen and oxygen atoms in total. The summed E-state index contributed by atoms with van der Waals surface area (Å²) < 4.78 is 0. The summed E-state index contributed by atoms with van der Waals surface area (Å²) in [6, 6.07) is 7.52. The van der Waals surface area contributed by atoms with Gasteiger partial charge in [0, 0.05) is 25.2 Å². The molecule has 1 aliphatic rings. The molecule has 1 saturated heterocycles. The molecular weight excluding hydrogens is 374 g/mol. The lowest BCUT2D eigenvalue weighted by Gasteiger charge is -2.31. The number of amides is 3. The number of nitrogens with zero attached hydrogens (tertiary/aromatic N) is 3. The number of urea groups is 1. The lowest BCUT2D eigenvalue weighted by molar-refractivity contribution is -0.121. The van der Waals surface area contributed by atoms with Crippen LogP contribution in [0, 0.1) is 18.8 Å². The minimum Gasteiger partial charge on any atom is -0.324 e. The van der Waals surface area contributed by atoms with Crippen molar-refractivity contribution in [2.45, 2.75) is 40.0 Å². The van der Waals surface area contributed by atoms with Crippen molar-refractivity contribution in [3.05, 3.63) is 34.8 Å². The number of carbonyl (C=O) groups is 2. The van der Waals surface area contributed by atoms with Crippen molar-refractivity contribution in [2.75, 3.05) is 23.7 Å². The van der Waals surface area contributed by atoms with E-state index in [4.69, 9.17) is 0 Å². The second kappa shape index (κ2) is 9.14. The summed E-state index contributed by atoms with van der Waals surface area (Å²) in [5, 5.41) is 15.4. The first kappa shape index (κ1) is 20.3. The lowest BCUT2D eigenvalue weighted by Crippen LogP contribution is -2.45. The zero-order valence-corrected chi connectivity index (χ0v) is 17.4. The molecule has 0 aliphatic carbocycles. The second-order valence-electron chi connectivity index (χ2n) is 7.67. The second-order valence-corrected chi connectivity index (χ2v) is 8.74. The van der Waals surface area contributed by atoms with Crippen molar-refractivity contribution in [1.29, 1.82) is 0 Å². The highest BCUT2D eigenvalue weighted by atomic mass is 32.1. The van der Waals surface area contributed by atoms with Gasteiger partial charge in [-0.2, -0.15) is 0 Å². The summed E-state index contributed by atoms with van der Waals surface area (Å²) in [5.41, 5.74) is 1.85. The summed E-state index contributed by atoms with van der Waals surface area (Å²) in [5.74, 6) is 0.157. The van der Waals surface area contributed by atoms with Crippen LogP contribution in [0.25, 0.3) is 0 Å². The van der Waals surface area contributed by atoms with Gasteiger partial charge in [0.05, 0.1) is 5.92 Å². The van der Waals surface area contributed by atoms with Crippen molar-refractivity contribution >= 4 is 34.1 Å². The molecule has 0 saturated carbocycles. The maximum atomic E-state index is 12.6. The average Bonchev–Trinajstić information content (AvgIpc) is 3.08. The normalized spacial score (nSPS) is 16.9. The van der Waals surface area contributed by atoms with E-state index in [1.807, 2.05) is 31.2 Å². The Labute approximate surface area is 169 Å². The van der Waals surface area contributed by atoms with Crippen molar-refractivity contribution < 1.29 is 9.59 Å². The Bertz CT molecular complexity index is 836. The Balaban J connectivity index is 1.55. The highest BCUT2D eigenvalue weighted by molar-refractivity contribution is 7.15. The van der Waals surface area contributed by atoms with Crippen LogP contribution in [0.5, 0.6) is 0 Å². The van der Waals surface area contributed by atoms with Crippen molar-refractivity contribution in [3.8, 4) is 0 Å². The standard InChI is InChI=1S/C20H27N5O2S/c1-13(2)10-17-23-24-19(28-17)22-18(26)15-7-5-9-25(12-15)20(27)21-16-8-4-6-14(3)11-16/h4,6,8,11,13,15H,5,7,9-10,12H2,1-3H3,(H,21,27)(H,22,24,26). The van der Waals surface area contributed by atoms with E-state index < -0.39 is 0 Å². The van der Waals surface area contributed by atoms with Crippen LogP contribution in [-0.2, 0) is 11.2 Å². The Morgan fingerprint density at radius 2 is 2.11 bits per heavy atom. The van der Waals surface area contributed by atoms with Gasteiger partial charge in [0.2, 0.25) is 11.0 Å². The number of likely N-dealkylation sites (tertiary alicyclic amines) is 1. The first-order chi connectivity index (χ1) is 13.4. The molecule has 1 unspecified atom stereocenters. The van der Waals surface area contributed by atoms with E-state index in [0.29, 0.717) is 24.1 Å². The van der Waals surface area contributed by atoms with Crippen LogP contribution in [0.15, 0.2) is 24.3 Å². The predicted molar refractivity (Wildman–Crippen MR) is 112 cm³/mol. The molecule has 2 heterocycles. The number of aryl methyl sites for hydroxylation is 1. The summed E-state index contributed by atoms with van der Waals surface area (Å²) in [6.07, 6.45) is 2.41. The van der Waals surface area contributed by atoms with Gasteiger partial charge < -0.3 is 15.5 Å². The van der Waals surface area contributed by atoms with Crippen LogP contribution in [0.1, 0.15) is 37.3 Å². The van der Waals surface area contributed by atoms with Crippen LogP contribution < -0.4 is 10.6 Å². The number of benzene rings is 1. The molecule has 0 radical (unpaired) electrons. The Morgan fingerprint density at radius 3 is 2.86 bits per heavy atom. The molecule has 150 valence electrons. The topological polar surface area (TPSA) is 87.2 Å². The number of hydrogen-bond donors (Lipinski definition) is 2. The first-order valence-corrected chi connectivity index (χ1v) is 10.5. The van der Waals surface area contributed by atoms with Crippen molar-refractivity contribution in [1.82, 2.24) is 15.1 Å². The van der Waals surface area contributed by atoms with Gasteiger partial charge >= 0.3 is 6.03 Å². The predicted octanol–water partition coefficient (Wildman–Crippen LogP) is 3.93. The molecule has 28 heavy (non-hydrogen) atoms. The number of anilines is 2. The molecule has 2 aromatic rings. The highest BCUT2D eigenvalue weighted by Gasteiger charge is 2.29. The smallest absolute Gasteiger partial charge is 0.321 e. The van der Waals surface area contributed by atoms with Gasteiger partial charge in [0.25, 0.3) is 0 Å². The summed E-state index contributed by atoms with van der Waals surface area (Å²) in [4.78, 5) is 26.9. The zero-order chi connectivity index (χ0) is 20.1. The molecule has 1 fully saturated rings. The summed E-state index contributed by atoms with van der Waals surface area (Å²) in [6.45, 7) is 7.28. The van der Waals surface area contributed by atoms with Crippen molar-refractivity contribution in [3.63, 3.8) is 0 Å². The number of aromatic nitrogens is 2. The lowest BCUT2D eigenvalue weighted by atomic mass is 9.97. The van der Waals surface area contributed by atoms with Crippen molar-refractivity contribution in [2.24, 2.45) is 11.8 Å². The third-order valence-corrected chi connectivity index (χ3v) is 5.49. The number of rotatable bonds is 5. The molecule has 3 amide bonds. The van der Waals surface area contributed by atoms with Gasteiger partial charge in [-0.1, -0.05) is 37.3 Å². The van der Waals surface area contributed by atoms with E-state index in [1.165, 1.54) is 11.3 Å². The van der Waals surface area contributed by atoms with Gasteiger partial charge in [0.15, 0.2) is 0 Å². The Kier molecular flexibility index (Phi) is 6.61. The minimum atomic E-state index is -0.241. The molecule has 0 spiro atoms. The van der Waals surface area contributed by atoms with E-state index in [1.54, 1.807) is 4.90 Å². The summed E-state index contributed by atoms with van der Waals surface area (Å²) >= 11 is 1.42. The average molecular weight is 402 g/mol. The number of hydrogen-bond acceptors (Lipinski definition) is 5. The fourth-order valence-electron chi connectivity index (χ4n) is 3.24. The molecular formula is C20H27N5O2S. The number of nitrogens with one attached hydrogen (secondary N) is 2. The molecule has 8 heteroatoms. The zero-order valence-electron chi connectivity index (χ0n) is 16.6. The van der Waals surface area contributed by atoms with E-state index in [0.717, 1.165) is 35.5 Å². The number of carbonyl (C=O) groups excluding carboxylic acids is 2. The Hall–Kier alpha value is -2.48. The van der Waals surface area contributed by atoms with Crippen LogP contribution in [-0.4, -0.2) is 40.1 Å². The maximum absolute atomic E-state index is 12.6. The van der Waals surface area contributed by atoms with Gasteiger partial charge in [0.1, 0.15) is 5.01 Å². The van der Waals surface area contributed by atoms with Gasteiger partial charge in [-0.15, -0.1) is 10.2 Å². The molecule has 1 aromatic heterocycles. The quantitative estimate of drug-likeness (QED) is 0.795. The van der Waals surface area contributed by atoms with Crippen LogP contribution in [0.2, 0.25) is 0 Å². The van der Waals surface area contributed by atoms with E-state index in [-0.39, 0.29) is 17.9 Å². The van der Waals surface area contributed by atoms with Crippen LogP contribution in [0.4, 0.5) is 15.6 Å². The highest BCUT2D eigenvalue weighted by Crippen LogP contribution is 2.22. The van der Waals surface area contributed by atoms with E-state index in [9.17, 15) is 9.59 Å². The third-order valence-electron chi connectivity index (χ3n) is 4.63. The van der Waals surface area contributed by atoms with Crippen LogP contribution in [0.3, 0.4) is 0 Å². The van der Waals surface area contributed by atoms with Gasteiger partial charge in [-0.05, 0) is 43.4 Å². The molecule has 0 bridgehead atoms. The third kappa shape index (κ3) is 5.51. The molecule has 1 atom stereocenters. The molecule has 1 aliphatic heterocycles. The molecule has 2 N–H and O–H groups in total. The number of piperidine rings is 1. The van der Waals surface area contributed by atoms with Gasteiger partial charge in [-0.25, -0.2) is 4.79 Å². The molecule has 3 rings (SSSR count). The van der Waals surface area contributed by atoms with Crippen LogP contribution >= 0.6 is 11.3 Å². The van der Waals surface area contributed by atoms with E-state index in [2.05, 4.69) is 34.7 Å². The van der Waals surface area contributed by atoms with Gasteiger partial charge in [-0.3, -0.25) is 4.79 Å². The fourth-order valence-corrected chi connectivity index (χ4v) is 4.20. The first-order valence-electron chi connectivity index (χ1n) is 9.66. The van der Waals surface area contributed by atoms with E-state index >= 15 is 0 Å². The Morgan fingerprint density at radius 1 is 1.29 bits per heavy atom. The SMILES string of the molecule is Cc1cccc(NC(=O)N2CCCC(C(=O)Nc3nnc(CC(C)C)s3)C2)c1.